The van der Waals surface area contributed by atoms with E-state index in [0.29, 0.717) is 0 Å². The summed E-state index contributed by atoms with van der Waals surface area (Å²) in [5, 5.41) is 14.4. The predicted octanol–water partition coefficient (Wildman–Crippen LogP) is 3.92. The Kier molecular flexibility index (Phi) is 6.29. The lowest BCUT2D eigenvalue weighted by molar-refractivity contribution is -0.115. The summed E-state index contributed by atoms with van der Waals surface area (Å²) in [7, 11) is 0. The third-order valence-corrected chi connectivity index (χ3v) is 6.98. The van der Waals surface area contributed by atoms with Crippen molar-refractivity contribution in [3.63, 3.8) is 0 Å². The highest BCUT2D eigenvalue weighted by Gasteiger charge is 2.09. The molecule has 0 aliphatic heterocycles. The lowest BCUT2D eigenvalue weighted by Crippen LogP contribution is -2.12. The van der Waals surface area contributed by atoms with Crippen molar-refractivity contribution >= 4 is 62.9 Å². The number of aromatic nitrogens is 3. The molecule has 0 atom stereocenters. The first kappa shape index (κ1) is 18.2. The number of primary amides is 1. The number of nitrogens with zero attached hydrogens (tertiary/aromatic N) is 3. The first-order valence-corrected chi connectivity index (χ1v) is 10.9. The van der Waals surface area contributed by atoms with Gasteiger partial charge in [0.2, 0.25) is 5.91 Å². The minimum Gasteiger partial charge on any atom is -0.369 e. The number of benzene rings is 1. The van der Waals surface area contributed by atoms with E-state index < -0.39 is 0 Å². The molecular formula is C15H15N5OS4. The number of carbonyl (C=O) groups is 1. The SMILES string of the molecule is Cc1ccc(Nc2nc(CSc3nnc(SCC(N)=O)s3)cs2)cc1. The Morgan fingerprint density at radius 2 is 1.92 bits per heavy atom. The van der Waals surface area contributed by atoms with Crippen LogP contribution < -0.4 is 11.1 Å². The minimum atomic E-state index is -0.356. The van der Waals surface area contributed by atoms with Gasteiger partial charge in [0.05, 0.1) is 11.4 Å². The number of thiazole rings is 1. The molecule has 1 aromatic carbocycles. The Balaban J connectivity index is 1.51. The lowest BCUT2D eigenvalue weighted by atomic mass is 10.2. The molecule has 0 fully saturated rings. The van der Waals surface area contributed by atoms with Crippen LogP contribution in [0.1, 0.15) is 11.3 Å². The van der Waals surface area contributed by atoms with Crippen molar-refractivity contribution in [3.05, 3.63) is 40.9 Å². The molecule has 0 aliphatic carbocycles. The van der Waals surface area contributed by atoms with Crippen LogP contribution in [0.5, 0.6) is 0 Å². The monoisotopic (exact) mass is 409 g/mol. The Morgan fingerprint density at radius 1 is 1.20 bits per heavy atom. The van der Waals surface area contributed by atoms with E-state index in [1.807, 2.05) is 17.5 Å². The van der Waals surface area contributed by atoms with E-state index in [2.05, 4.69) is 39.6 Å². The topological polar surface area (TPSA) is 93.8 Å². The van der Waals surface area contributed by atoms with Gasteiger partial charge in [-0.1, -0.05) is 52.6 Å². The molecule has 3 aromatic rings. The number of carbonyl (C=O) groups excluding carboxylic acids is 1. The number of aryl methyl sites for hydroxylation is 1. The van der Waals surface area contributed by atoms with E-state index in [4.69, 9.17) is 5.73 Å². The van der Waals surface area contributed by atoms with Crippen molar-refractivity contribution in [2.75, 3.05) is 11.1 Å². The zero-order valence-electron chi connectivity index (χ0n) is 13.3. The lowest BCUT2D eigenvalue weighted by Gasteiger charge is -2.02. The first-order valence-electron chi connectivity index (χ1n) is 7.24. The van der Waals surface area contributed by atoms with Crippen LogP contribution in [-0.2, 0) is 10.5 Å². The molecule has 0 saturated carbocycles. The molecule has 3 rings (SSSR count). The van der Waals surface area contributed by atoms with Gasteiger partial charge in [0, 0.05) is 16.8 Å². The number of rotatable bonds is 8. The van der Waals surface area contributed by atoms with Crippen molar-refractivity contribution in [1.82, 2.24) is 15.2 Å². The molecular weight excluding hydrogens is 394 g/mol. The summed E-state index contributed by atoms with van der Waals surface area (Å²) in [6.07, 6.45) is 0. The van der Waals surface area contributed by atoms with Gasteiger partial charge in [0.25, 0.3) is 0 Å². The summed E-state index contributed by atoms with van der Waals surface area (Å²) < 4.78 is 1.61. The average Bonchev–Trinajstić information content (AvgIpc) is 3.22. The van der Waals surface area contributed by atoms with Crippen LogP contribution >= 0.6 is 46.2 Å². The summed E-state index contributed by atoms with van der Waals surface area (Å²) >= 11 is 5.93. The third kappa shape index (κ3) is 5.70. The summed E-state index contributed by atoms with van der Waals surface area (Å²) in [5.41, 5.74) is 8.37. The van der Waals surface area contributed by atoms with Crippen LogP contribution in [0.4, 0.5) is 10.8 Å². The molecule has 2 aromatic heterocycles. The Morgan fingerprint density at radius 3 is 2.64 bits per heavy atom. The maximum Gasteiger partial charge on any atom is 0.227 e. The molecule has 6 nitrogen and oxygen atoms in total. The number of nitrogens with two attached hydrogens (primary N) is 1. The molecule has 2 heterocycles. The third-order valence-electron chi connectivity index (χ3n) is 2.92. The fraction of sp³-hybridized carbons (Fsp3) is 0.200. The van der Waals surface area contributed by atoms with Crippen LogP contribution in [0.15, 0.2) is 38.3 Å². The molecule has 0 bridgehead atoms. The molecule has 10 heteroatoms. The van der Waals surface area contributed by atoms with E-state index in [-0.39, 0.29) is 11.7 Å². The van der Waals surface area contributed by atoms with Gasteiger partial charge in [-0.05, 0) is 19.1 Å². The van der Waals surface area contributed by atoms with Crippen LogP contribution in [-0.4, -0.2) is 26.8 Å². The van der Waals surface area contributed by atoms with Gasteiger partial charge in [0.15, 0.2) is 13.8 Å². The van der Waals surface area contributed by atoms with Gasteiger partial charge < -0.3 is 11.1 Å². The summed E-state index contributed by atoms with van der Waals surface area (Å²) in [4.78, 5) is 15.4. The van der Waals surface area contributed by atoms with Crippen LogP contribution in [0, 0.1) is 6.92 Å². The quantitative estimate of drug-likeness (QED) is 0.545. The molecule has 3 N–H and O–H groups in total. The molecule has 25 heavy (non-hydrogen) atoms. The normalized spacial score (nSPS) is 10.8. The molecule has 0 radical (unpaired) electrons. The van der Waals surface area contributed by atoms with E-state index in [9.17, 15) is 4.79 Å². The van der Waals surface area contributed by atoms with Gasteiger partial charge in [-0.15, -0.1) is 21.5 Å². The van der Waals surface area contributed by atoms with Crippen molar-refractivity contribution in [1.29, 1.82) is 0 Å². The Bertz CT molecular complexity index is 846. The molecule has 130 valence electrons. The number of hydrogen-bond donors (Lipinski definition) is 2. The fourth-order valence-corrected chi connectivity index (χ4v) is 5.26. The van der Waals surface area contributed by atoms with Crippen molar-refractivity contribution in [2.24, 2.45) is 5.73 Å². The number of hydrogen-bond acceptors (Lipinski definition) is 9. The maximum atomic E-state index is 10.8. The van der Waals surface area contributed by atoms with Gasteiger partial charge in [0.1, 0.15) is 0 Å². The van der Waals surface area contributed by atoms with Crippen LogP contribution in [0.2, 0.25) is 0 Å². The van der Waals surface area contributed by atoms with Crippen molar-refractivity contribution < 1.29 is 4.79 Å². The zero-order valence-corrected chi connectivity index (χ0v) is 16.5. The smallest absolute Gasteiger partial charge is 0.227 e. The van der Waals surface area contributed by atoms with Gasteiger partial charge in [-0.3, -0.25) is 4.79 Å². The molecule has 1 amide bonds. The minimum absolute atomic E-state index is 0.222. The van der Waals surface area contributed by atoms with Gasteiger partial charge in [-0.25, -0.2) is 4.98 Å². The molecule has 0 spiro atoms. The predicted molar refractivity (Wildman–Crippen MR) is 106 cm³/mol. The highest BCUT2D eigenvalue weighted by Crippen LogP contribution is 2.31. The second kappa shape index (κ2) is 8.65. The van der Waals surface area contributed by atoms with Crippen LogP contribution in [0.3, 0.4) is 0 Å². The van der Waals surface area contributed by atoms with E-state index in [0.717, 1.165) is 30.9 Å². The molecule has 0 saturated heterocycles. The number of thioether (sulfide) groups is 2. The zero-order chi connectivity index (χ0) is 17.6. The Hall–Kier alpha value is -1.62. The van der Waals surface area contributed by atoms with Gasteiger partial charge in [-0.2, -0.15) is 0 Å². The van der Waals surface area contributed by atoms with Crippen LogP contribution in [0.25, 0.3) is 0 Å². The summed E-state index contributed by atoms with van der Waals surface area (Å²) in [6, 6.07) is 8.21. The highest BCUT2D eigenvalue weighted by molar-refractivity contribution is 8.03. The molecule has 0 unspecified atom stereocenters. The number of anilines is 2. The first-order chi connectivity index (χ1) is 12.1. The average molecular weight is 410 g/mol. The standard InChI is InChI=1S/C15H15N5OS4/c1-9-2-4-10(5-3-9)17-13-18-11(6-22-13)7-23-14-19-20-15(25-14)24-8-12(16)21/h2-6H,7-8H2,1H3,(H2,16,21)(H,17,18). The maximum absolute atomic E-state index is 10.8. The van der Waals surface area contributed by atoms with E-state index in [1.54, 1.807) is 23.1 Å². The second-order valence-electron chi connectivity index (χ2n) is 5.01. The second-order valence-corrected chi connectivity index (χ2v) is 9.29. The largest absolute Gasteiger partial charge is 0.369 e. The van der Waals surface area contributed by atoms with Gasteiger partial charge >= 0.3 is 0 Å². The number of nitrogens with one attached hydrogen (secondary N) is 1. The Labute approximate surface area is 161 Å². The summed E-state index contributed by atoms with van der Waals surface area (Å²) in [6.45, 7) is 2.06. The fourth-order valence-electron chi connectivity index (χ4n) is 1.77. The van der Waals surface area contributed by atoms with E-state index >= 15 is 0 Å². The van der Waals surface area contributed by atoms with E-state index in [1.165, 1.54) is 28.7 Å². The van der Waals surface area contributed by atoms with Crippen molar-refractivity contribution in [2.45, 2.75) is 21.4 Å². The summed E-state index contributed by atoms with van der Waals surface area (Å²) in [5.74, 6) is 0.589. The van der Waals surface area contributed by atoms with Crippen molar-refractivity contribution in [3.8, 4) is 0 Å². The number of amides is 1. The molecule has 0 aliphatic rings. The highest BCUT2D eigenvalue weighted by atomic mass is 32.2.